The fourth-order valence-corrected chi connectivity index (χ4v) is 8.49. The van der Waals surface area contributed by atoms with Crippen molar-refractivity contribution >= 4 is 5.78 Å². The normalized spacial score (nSPS) is 64.0. The van der Waals surface area contributed by atoms with Crippen molar-refractivity contribution in [2.45, 2.75) is 69.9 Å². The van der Waals surface area contributed by atoms with Gasteiger partial charge < -0.3 is 24.8 Å². The van der Waals surface area contributed by atoms with Gasteiger partial charge in [-0.3, -0.25) is 4.79 Å². The molecule has 4 aliphatic heterocycles. The van der Waals surface area contributed by atoms with Crippen molar-refractivity contribution in [3.8, 4) is 0 Å². The van der Waals surface area contributed by atoms with Gasteiger partial charge in [0.2, 0.25) is 5.79 Å². The summed E-state index contributed by atoms with van der Waals surface area (Å²) in [7, 11) is 0. The molecule has 0 aromatic rings. The van der Waals surface area contributed by atoms with Gasteiger partial charge in [-0.15, -0.1) is 0 Å². The van der Waals surface area contributed by atoms with Crippen LogP contribution >= 0.6 is 0 Å². The summed E-state index contributed by atoms with van der Waals surface area (Å²) in [6, 6.07) is 0. The monoisotopic (exact) mass is 362 g/mol. The van der Waals surface area contributed by atoms with E-state index in [9.17, 15) is 20.1 Å². The van der Waals surface area contributed by atoms with Crippen LogP contribution in [0.3, 0.4) is 0 Å². The number of carbonyl (C=O) groups is 1. The summed E-state index contributed by atoms with van der Waals surface area (Å²) in [5.74, 6) is -3.38. The predicted molar refractivity (Wildman–Crippen MR) is 88.4 cm³/mol. The van der Waals surface area contributed by atoms with Crippen molar-refractivity contribution in [3.05, 3.63) is 12.2 Å². The van der Waals surface area contributed by atoms with Crippen molar-refractivity contribution in [2.24, 2.45) is 34.0 Å². The number of ether oxygens (including phenoxy) is 2. The summed E-state index contributed by atoms with van der Waals surface area (Å²) in [6.07, 6.45) is -0.195. The average Bonchev–Trinajstić information content (AvgIpc) is 2.70. The number of rotatable bonds is 0. The van der Waals surface area contributed by atoms with E-state index in [1.807, 2.05) is 0 Å². The average molecular weight is 362 g/mol. The first-order valence-electron chi connectivity index (χ1n) is 9.79. The van der Waals surface area contributed by atoms with Gasteiger partial charge in [-0.25, -0.2) is 0 Å². The fraction of sp³-hybridized carbons (Fsp3) is 0.850. The highest BCUT2D eigenvalue weighted by molar-refractivity contribution is 6.05. The molecule has 0 aromatic carbocycles. The summed E-state index contributed by atoms with van der Waals surface area (Å²) >= 11 is 0. The number of carbonyl (C=O) groups excluding carboxylic acids is 1. The number of aliphatic hydroxyl groups excluding tert-OH is 2. The smallest absolute Gasteiger partial charge is 0.211 e. The molecule has 4 heterocycles. The van der Waals surface area contributed by atoms with Crippen LogP contribution in [0.15, 0.2) is 12.2 Å². The standard InChI is InChI=1S/C20H26O6/c1-8-9-7-10(21)11-18-6-4-5-17(2,3)12(18)14(23)20(24)19(11,13(8)22)15(9)25-16(18)26-20/h9-12,14-16,21,23-24H,1,4-7H2,2-3H3. The zero-order valence-corrected chi connectivity index (χ0v) is 15.1. The van der Waals surface area contributed by atoms with E-state index in [4.69, 9.17) is 9.47 Å². The third-order valence-electron chi connectivity index (χ3n) is 9.04. The molecule has 2 spiro atoms. The molecule has 0 aromatic heterocycles. The molecule has 142 valence electrons. The van der Waals surface area contributed by atoms with E-state index in [2.05, 4.69) is 20.4 Å². The molecular weight excluding hydrogens is 336 g/mol. The molecule has 10 unspecified atom stereocenters. The number of Topliss-reactive ketones (excluding diaryl/α,β-unsaturated/α-hetero) is 1. The Hall–Kier alpha value is -0.790. The molecule has 4 saturated carbocycles. The van der Waals surface area contributed by atoms with E-state index in [0.717, 1.165) is 19.3 Å². The maximum atomic E-state index is 13.5. The molecule has 0 radical (unpaired) electrons. The van der Waals surface area contributed by atoms with Gasteiger partial charge in [0.1, 0.15) is 11.5 Å². The van der Waals surface area contributed by atoms with E-state index in [1.54, 1.807) is 0 Å². The van der Waals surface area contributed by atoms with Crippen LogP contribution in [0.2, 0.25) is 0 Å². The number of aliphatic hydroxyl groups is 3. The summed E-state index contributed by atoms with van der Waals surface area (Å²) in [4.78, 5) is 13.5. The first-order chi connectivity index (χ1) is 12.1. The van der Waals surface area contributed by atoms with Crippen molar-refractivity contribution in [3.63, 3.8) is 0 Å². The summed E-state index contributed by atoms with van der Waals surface area (Å²) in [6.45, 7) is 8.16. The van der Waals surface area contributed by atoms with Crippen LogP contribution < -0.4 is 0 Å². The van der Waals surface area contributed by atoms with Gasteiger partial charge in [0.25, 0.3) is 0 Å². The summed E-state index contributed by atoms with van der Waals surface area (Å²) in [5, 5.41) is 34.3. The second kappa shape index (κ2) is 4.13. The van der Waals surface area contributed by atoms with Gasteiger partial charge in [0.05, 0.1) is 12.2 Å². The SMILES string of the molecule is C=C1C(=O)C23C4OC5OC2(O)C(O)C2C(C)(C)CCCC52C3C(O)CC14. The quantitative estimate of drug-likeness (QED) is 0.550. The molecule has 4 aliphatic carbocycles. The van der Waals surface area contributed by atoms with Crippen LogP contribution in [0.25, 0.3) is 0 Å². The maximum Gasteiger partial charge on any atom is 0.211 e. The van der Waals surface area contributed by atoms with Crippen LogP contribution in [0.1, 0.15) is 39.5 Å². The van der Waals surface area contributed by atoms with Gasteiger partial charge >= 0.3 is 0 Å². The third kappa shape index (κ3) is 1.21. The fourth-order valence-electron chi connectivity index (χ4n) is 8.49. The lowest BCUT2D eigenvalue weighted by Gasteiger charge is -2.79. The molecule has 8 fully saturated rings. The van der Waals surface area contributed by atoms with E-state index in [1.165, 1.54) is 0 Å². The van der Waals surface area contributed by atoms with Crippen LogP contribution in [0, 0.1) is 34.0 Å². The van der Waals surface area contributed by atoms with Crippen LogP contribution in [-0.4, -0.2) is 51.5 Å². The highest BCUT2D eigenvalue weighted by atomic mass is 16.8. The maximum absolute atomic E-state index is 13.5. The zero-order chi connectivity index (χ0) is 18.4. The van der Waals surface area contributed by atoms with E-state index in [-0.39, 0.29) is 23.0 Å². The number of hydrogen-bond donors (Lipinski definition) is 3. The number of hydrogen-bond acceptors (Lipinski definition) is 6. The Morgan fingerprint density at radius 1 is 1.19 bits per heavy atom. The van der Waals surface area contributed by atoms with Crippen LogP contribution in [0.5, 0.6) is 0 Å². The van der Waals surface area contributed by atoms with Gasteiger partial charge in [0, 0.05) is 23.2 Å². The molecule has 7 bridgehead atoms. The van der Waals surface area contributed by atoms with Gasteiger partial charge in [-0.05, 0) is 30.3 Å². The minimum absolute atomic E-state index is 0.249. The predicted octanol–water partition coefficient (Wildman–Crippen LogP) is 0.740. The van der Waals surface area contributed by atoms with Crippen molar-refractivity contribution in [2.75, 3.05) is 0 Å². The lowest BCUT2D eigenvalue weighted by atomic mass is 9.34. The Morgan fingerprint density at radius 2 is 1.92 bits per heavy atom. The highest BCUT2D eigenvalue weighted by Gasteiger charge is 2.92. The lowest BCUT2D eigenvalue weighted by molar-refractivity contribution is -0.554. The molecule has 6 heteroatoms. The number of ketones is 1. The second-order valence-corrected chi connectivity index (χ2v) is 10.2. The van der Waals surface area contributed by atoms with Crippen molar-refractivity contribution in [1.82, 2.24) is 0 Å². The third-order valence-corrected chi connectivity index (χ3v) is 9.04. The summed E-state index contributed by atoms with van der Waals surface area (Å²) < 4.78 is 12.3. The summed E-state index contributed by atoms with van der Waals surface area (Å²) in [5.41, 5.74) is -1.95. The van der Waals surface area contributed by atoms with E-state index >= 15 is 0 Å². The highest BCUT2D eigenvalue weighted by Crippen LogP contribution is 2.81. The van der Waals surface area contributed by atoms with E-state index in [0.29, 0.717) is 12.0 Å². The molecule has 8 aliphatic rings. The van der Waals surface area contributed by atoms with Gasteiger partial charge in [-0.2, -0.15) is 0 Å². The van der Waals surface area contributed by atoms with Crippen LogP contribution in [-0.2, 0) is 14.3 Å². The van der Waals surface area contributed by atoms with Gasteiger partial charge in [0.15, 0.2) is 12.1 Å². The molecule has 8 rings (SSSR count). The van der Waals surface area contributed by atoms with Crippen molar-refractivity contribution < 1.29 is 29.6 Å². The Labute approximate surface area is 152 Å². The Bertz CT molecular complexity index is 761. The van der Waals surface area contributed by atoms with Crippen molar-refractivity contribution in [1.29, 1.82) is 0 Å². The Kier molecular flexibility index (Phi) is 2.57. The first-order valence-corrected chi connectivity index (χ1v) is 9.79. The molecule has 4 saturated heterocycles. The lowest BCUT2D eigenvalue weighted by Crippen LogP contribution is -2.91. The largest absolute Gasteiger partial charge is 0.393 e. The topological polar surface area (TPSA) is 96.2 Å². The molecule has 3 N–H and O–H groups in total. The van der Waals surface area contributed by atoms with E-state index < -0.39 is 47.1 Å². The molecule has 6 nitrogen and oxygen atoms in total. The molecular formula is C20H26O6. The van der Waals surface area contributed by atoms with Crippen LogP contribution in [0.4, 0.5) is 0 Å². The minimum atomic E-state index is -2.03. The Morgan fingerprint density at radius 3 is 2.65 bits per heavy atom. The molecule has 10 atom stereocenters. The molecule has 26 heavy (non-hydrogen) atoms. The second-order valence-electron chi connectivity index (χ2n) is 10.2. The zero-order valence-electron chi connectivity index (χ0n) is 15.1. The Balaban J connectivity index is 1.70. The first kappa shape index (κ1) is 16.2. The molecule has 0 amide bonds. The van der Waals surface area contributed by atoms with Gasteiger partial charge in [-0.1, -0.05) is 26.8 Å². The minimum Gasteiger partial charge on any atom is -0.393 e.